The molecular formula is C24H16Cl2N2O4. The number of methoxy groups -OCH3 is 1. The molecule has 8 heteroatoms. The maximum atomic E-state index is 13.3. The topological polar surface area (TPSA) is 77.5 Å². The van der Waals surface area contributed by atoms with Gasteiger partial charge in [0.2, 0.25) is 0 Å². The van der Waals surface area contributed by atoms with Crippen molar-refractivity contribution in [1.82, 2.24) is 5.16 Å². The minimum atomic E-state index is -0.430. The lowest BCUT2D eigenvalue weighted by molar-refractivity contribution is 0.102. The van der Waals surface area contributed by atoms with Gasteiger partial charge < -0.3 is 19.0 Å². The average molecular weight is 467 g/mol. The number of ether oxygens (including phenoxy) is 1. The van der Waals surface area contributed by atoms with E-state index in [-0.39, 0.29) is 11.3 Å². The molecule has 2 aromatic heterocycles. The number of nitrogens with one attached hydrogen (secondary N) is 1. The molecule has 3 aromatic carbocycles. The molecule has 2 heterocycles. The van der Waals surface area contributed by atoms with Crippen LogP contribution in [0.1, 0.15) is 16.1 Å². The summed E-state index contributed by atoms with van der Waals surface area (Å²) in [6.45, 7) is 1.65. The van der Waals surface area contributed by atoms with E-state index in [0.29, 0.717) is 38.4 Å². The second-order valence-corrected chi connectivity index (χ2v) is 7.97. The highest BCUT2D eigenvalue weighted by molar-refractivity contribution is 6.39. The standard InChI is InChI=1S/C24H16Cl2N2O4/c1-12-21(23(28-32-12)22-15(25)7-5-8-16(22)26)24(29)27-17-10-14-13-6-3-4-9-18(13)31-19(14)11-20(17)30-2/h3-11H,1-2H3,(H,27,29). The SMILES string of the molecule is COc1cc2oc3ccccc3c2cc1NC(=O)c1c(-c2c(Cl)cccc2Cl)noc1C. The summed E-state index contributed by atoms with van der Waals surface area (Å²) in [5.74, 6) is 0.360. The van der Waals surface area contributed by atoms with Crippen LogP contribution in [0.25, 0.3) is 33.2 Å². The van der Waals surface area contributed by atoms with Gasteiger partial charge in [-0.25, -0.2) is 0 Å². The van der Waals surface area contributed by atoms with E-state index in [1.807, 2.05) is 30.3 Å². The number of halogens is 2. The van der Waals surface area contributed by atoms with Gasteiger partial charge >= 0.3 is 0 Å². The first-order valence-electron chi connectivity index (χ1n) is 9.69. The lowest BCUT2D eigenvalue weighted by Gasteiger charge is -2.11. The number of hydrogen-bond acceptors (Lipinski definition) is 5. The Balaban J connectivity index is 1.60. The predicted octanol–water partition coefficient (Wildman–Crippen LogP) is 7.12. The third-order valence-corrected chi connectivity index (χ3v) is 5.87. The molecule has 0 atom stereocenters. The molecule has 0 saturated carbocycles. The number of rotatable bonds is 4. The van der Waals surface area contributed by atoms with Gasteiger partial charge in [0.15, 0.2) is 0 Å². The number of anilines is 1. The smallest absolute Gasteiger partial charge is 0.261 e. The Morgan fingerprint density at radius 1 is 1.00 bits per heavy atom. The third kappa shape index (κ3) is 3.28. The van der Waals surface area contributed by atoms with E-state index in [0.717, 1.165) is 16.4 Å². The van der Waals surface area contributed by atoms with Crippen molar-refractivity contribution in [2.75, 3.05) is 12.4 Å². The second-order valence-electron chi connectivity index (χ2n) is 7.16. The Hall–Kier alpha value is -3.48. The number of benzene rings is 3. The van der Waals surface area contributed by atoms with Crippen molar-refractivity contribution >= 4 is 56.7 Å². The lowest BCUT2D eigenvalue weighted by Crippen LogP contribution is -2.14. The van der Waals surface area contributed by atoms with Gasteiger partial charge in [0.1, 0.15) is 33.9 Å². The Morgan fingerprint density at radius 3 is 2.50 bits per heavy atom. The molecule has 6 nitrogen and oxygen atoms in total. The van der Waals surface area contributed by atoms with Crippen LogP contribution in [0.15, 0.2) is 63.5 Å². The molecular weight excluding hydrogens is 451 g/mol. The van der Waals surface area contributed by atoms with E-state index in [1.165, 1.54) is 7.11 Å². The number of aromatic nitrogens is 1. The molecule has 160 valence electrons. The van der Waals surface area contributed by atoms with E-state index in [1.54, 1.807) is 31.2 Å². The molecule has 5 rings (SSSR count). The molecule has 0 spiro atoms. The molecule has 0 unspecified atom stereocenters. The van der Waals surface area contributed by atoms with Crippen molar-refractivity contribution in [2.45, 2.75) is 6.92 Å². The average Bonchev–Trinajstić information content (AvgIpc) is 3.33. The predicted molar refractivity (Wildman–Crippen MR) is 125 cm³/mol. The van der Waals surface area contributed by atoms with Gasteiger partial charge in [0.25, 0.3) is 5.91 Å². The van der Waals surface area contributed by atoms with Crippen LogP contribution in [0.5, 0.6) is 5.75 Å². The van der Waals surface area contributed by atoms with Crippen LogP contribution in [0, 0.1) is 6.92 Å². The Bertz CT molecular complexity index is 1480. The second kappa shape index (κ2) is 7.89. The summed E-state index contributed by atoms with van der Waals surface area (Å²) in [4.78, 5) is 13.3. The highest BCUT2D eigenvalue weighted by Crippen LogP contribution is 2.39. The highest BCUT2D eigenvalue weighted by Gasteiger charge is 2.26. The van der Waals surface area contributed by atoms with Crippen LogP contribution in [-0.4, -0.2) is 18.2 Å². The maximum Gasteiger partial charge on any atom is 0.261 e. The summed E-state index contributed by atoms with van der Waals surface area (Å²) in [7, 11) is 1.53. The molecule has 0 saturated heterocycles. The first kappa shape index (κ1) is 20.4. The fourth-order valence-corrected chi connectivity index (χ4v) is 4.31. The number of fused-ring (bicyclic) bond motifs is 3. The van der Waals surface area contributed by atoms with Gasteiger partial charge in [-0.05, 0) is 31.2 Å². The quantitative estimate of drug-likeness (QED) is 0.305. The molecule has 0 fully saturated rings. The molecule has 32 heavy (non-hydrogen) atoms. The van der Waals surface area contributed by atoms with Crippen LogP contribution in [0.4, 0.5) is 5.69 Å². The number of amides is 1. The highest BCUT2D eigenvalue weighted by atomic mass is 35.5. The van der Waals surface area contributed by atoms with Crippen molar-refractivity contribution in [2.24, 2.45) is 0 Å². The summed E-state index contributed by atoms with van der Waals surface area (Å²) in [5.41, 5.74) is 2.82. The number of carbonyl (C=O) groups is 1. The number of para-hydroxylation sites is 1. The van der Waals surface area contributed by atoms with E-state index < -0.39 is 5.91 Å². The molecule has 0 aliphatic heterocycles. The van der Waals surface area contributed by atoms with E-state index >= 15 is 0 Å². The summed E-state index contributed by atoms with van der Waals surface area (Å²) in [5, 5.41) is 9.47. The van der Waals surface area contributed by atoms with E-state index in [2.05, 4.69) is 10.5 Å². The van der Waals surface area contributed by atoms with Crippen LogP contribution in [-0.2, 0) is 0 Å². The summed E-state index contributed by atoms with van der Waals surface area (Å²) >= 11 is 12.7. The summed E-state index contributed by atoms with van der Waals surface area (Å²) in [6, 6.07) is 16.3. The molecule has 0 aliphatic rings. The lowest BCUT2D eigenvalue weighted by atomic mass is 10.0. The molecule has 1 N–H and O–H groups in total. The molecule has 0 radical (unpaired) electrons. The summed E-state index contributed by atoms with van der Waals surface area (Å²) < 4.78 is 16.7. The molecule has 1 amide bonds. The van der Waals surface area contributed by atoms with Crippen LogP contribution < -0.4 is 10.1 Å². The minimum absolute atomic E-state index is 0.235. The molecule has 0 aliphatic carbocycles. The molecule has 5 aromatic rings. The van der Waals surface area contributed by atoms with Crippen LogP contribution >= 0.6 is 23.2 Å². The van der Waals surface area contributed by atoms with Gasteiger partial charge in [-0.2, -0.15) is 0 Å². The fourth-order valence-electron chi connectivity index (χ4n) is 3.74. The van der Waals surface area contributed by atoms with Crippen LogP contribution in [0.3, 0.4) is 0 Å². The molecule has 0 bridgehead atoms. The zero-order valence-corrected chi connectivity index (χ0v) is 18.5. The number of carbonyl (C=O) groups excluding carboxylic acids is 1. The largest absolute Gasteiger partial charge is 0.494 e. The normalized spacial score (nSPS) is 11.2. The van der Waals surface area contributed by atoms with Crippen LogP contribution in [0.2, 0.25) is 10.0 Å². The van der Waals surface area contributed by atoms with E-state index in [9.17, 15) is 4.79 Å². The minimum Gasteiger partial charge on any atom is -0.494 e. The summed E-state index contributed by atoms with van der Waals surface area (Å²) in [6.07, 6.45) is 0. The van der Waals surface area contributed by atoms with E-state index in [4.69, 9.17) is 36.9 Å². The van der Waals surface area contributed by atoms with Crippen molar-refractivity contribution in [3.05, 3.63) is 76.0 Å². The number of nitrogens with zero attached hydrogens (tertiary/aromatic N) is 1. The number of aryl methyl sites for hydroxylation is 1. The first-order chi connectivity index (χ1) is 15.5. The van der Waals surface area contributed by atoms with Crippen molar-refractivity contribution < 1.29 is 18.5 Å². The first-order valence-corrected chi connectivity index (χ1v) is 10.4. The zero-order valence-electron chi connectivity index (χ0n) is 17.0. The third-order valence-electron chi connectivity index (χ3n) is 5.24. The Labute approximate surface area is 192 Å². The van der Waals surface area contributed by atoms with Crippen molar-refractivity contribution in [3.8, 4) is 17.0 Å². The van der Waals surface area contributed by atoms with Gasteiger partial charge in [0.05, 0.1) is 22.8 Å². The number of furan rings is 1. The van der Waals surface area contributed by atoms with Crippen molar-refractivity contribution in [3.63, 3.8) is 0 Å². The maximum absolute atomic E-state index is 13.3. The Morgan fingerprint density at radius 2 is 1.75 bits per heavy atom. The fraction of sp³-hybridized carbons (Fsp3) is 0.0833. The monoisotopic (exact) mass is 466 g/mol. The van der Waals surface area contributed by atoms with Gasteiger partial charge in [0, 0.05) is 22.4 Å². The van der Waals surface area contributed by atoms with Gasteiger partial charge in [-0.3, -0.25) is 4.79 Å². The number of hydrogen-bond donors (Lipinski definition) is 1. The van der Waals surface area contributed by atoms with Gasteiger partial charge in [-0.15, -0.1) is 0 Å². The van der Waals surface area contributed by atoms with Crippen molar-refractivity contribution in [1.29, 1.82) is 0 Å². The Kier molecular flexibility index (Phi) is 5.04. The zero-order chi connectivity index (χ0) is 22.4. The van der Waals surface area contributed by atoms with Gasteiger partial charge in [-0.1, -0.05) is 52.6 Å².